The standard InChI is InChI=1S/C19H15N3O4S2/c23-17(20-14-6-2-1-3-7-14)9-10-21-18(24)16(28-19(21)27)12-13-5-4-8-15(11-13)22(25)26/h1-8,11-12H,9-10H2,(H,20,23)/b16-12-. The molecule has 1 aliphatic rings. The number of thiocarbonyl (C=S) groups is 1. The molecule has 2 amide bonds. The van der Waals surface area contributed by atoms with Crippen molar-refractivity contribution < 1.29 is 14.5 Å². The third-order valence-corrected chi connectivity index (χ3v) is 5.25. The highest BCUT2D eigenvalue weighted by Gasteiger charge is 2.32. The van der Waals surface area contributed by atoms with Gasteiger partial charge in [-0.2, -0.15) is 0 Å². The van der Waals surface area contributed by atoms with Crippen LogP contribution in [-0.2, 0) is 9.59 Å². The van der Waals surface area contributed by atoms with Crippen LogP contribution in [0.2, 0.25) is 0 Å². The lowest BCUT2D eigenvalue weighted by Gasteiger charge is -2.14. The van der Waals surface area contributed by atoms with Gasteiger partial charge in [-0.15, -0.1) is 0 Å². The molecular weight excluding hydrogens is 398 g/mol. The number of amides is 2. The third kappa shape index (κ3) is 4.81. The van der Waals surface area contributed by atoms with E-state index in [0.717, 1.165) is 11.8 Å². The summed E-state index contributed by atoms with van der Waals surface area (Å²) in [7, 11) is 0. The summed E-state index contributed by atoms with van der Waals surface area (Å²) >= 11 is 6.36. The van der Waals surface area contributed by atoms with Gasteiger partial charge in [-0.25, -0.2) is 0 Å². The van der Waals surface area contributed by atoms with Crippen LogP contribution in [0, 0.1) is 10.1 Å². The number of nitro benzene ring substituents is 1. The Morgan fingerprint density at radius 1 is 1.21 bits per heavy atom. The average molecular weight is 413 g/mol. The number of non-ortho nitro benzene ring substituents is 1. The fourth-order valence-corrected chi connectivity index (χ4v) is 3.84. The van der Waals surface area contributed by atoms with Gasteiger partial charge in [0.2, 0.25) is 5.91 Å². The summed E-state index contributed by atoms with van der Waals surface area (Å²) in [6, 6.07) is 15.0. The van der Waals surface area contributed by atoms with E-state index in [-0.39, 0.29) is 30.5 Å². The number of carbonyl (C=O) groups is 2. The van der Waals surface area contributed by atoms with Crippen molar-refractivity contribution in [2.75, 3.05) is 11.9 Å². The summed E-state index contributed by atoms with van der Waals surface area (Å²) in [5.41, 5.74) is 1.17. The predicted octanol–water partition coefficient (Wildman–Crippen LogP) is 3.82. The molecule has 0 aliphatic carbocycles. The zero-order valence-corrected chi connectivity index (χ0v) is 16.2. The molecule has 0 bridgehead atoms. The Kier molecular flexibility index (Phi) is 6.17. The number of thioether (sulfide) groups is 1. The second kappa shape index (κ2) is 8.77. The Labute approximate surface area is 170 Å². The lowest BCUT2D eigenvalue weighted by atomic mass is 10.2. The molecule has 142 valence electrons. The first-order valence-electron chi connectivity index (χ1n) is 8.29. The number of anilines is 1. The summed E-state index contributed by atoms with van der Waals surface area (Å²) in [6.45, 7) is 0.162. The molecule has 7 nitrogen and oxygen atoms in total. The van der Waals surface area contributed by atoms with Gasteiger partial charge in [-0.1, -0.05) is 54.3 Å². The van der Waals surface area contributed by atoms with Crippen LogP contribution >= 0.6 is 24.0 Å². The van der Waals surface area contributed by atoms with Crippen molar-refractivity contribution in [3.63, 3.8) is 0 Å². The second-order valence-electron chi connectivity index (χ2n) is 5.85. The van der Waals surface area contributed by atoms with Gasteiger partial charge in [0.1, 0.15) is 4.32 Å². The molecule has 2 aromatic carbocycles. The second-order valence-corrected chi connectivity index (χ2v) is 7.53. The first-order chi connectivity index (χ1) is 13.4. The zero-order valence-electron chi connectivity index (χ0n) is 14.5. The van der Waals surface area contributed by atoms with Crippen molar-refractivity contribution >= 4 is 57.6 Å². The molecule has 9 heteroatoms. The molecular formula is C19H15N3O4S2. The molecule has 1 N–H and O–H groups in total. The lowest BCUT2D eigenvalue weighted by molar-refractivity contribution is -0.384. The molecule has 2 aromatic rings. The Balaban J connectivity index is 1.64. The van der Waals surface area contributed by atoms with Crippen LogP contribution in [0.4, 0.5) is 11.4 Å². The molecule has 28 heavy (non-hydrogen) atoms. The van der Waals surface area contributed by atoms with E-state index in [1.807, 2.05) is 18.2 Å². The molecule has 0 atom stereocenters. The van der Waals surface area contributed by atoms with Gasteiger partial charge in [-0.3, -0.25) is 24.6 Å². The number of nitro groups is 1. The number of hydrogen-bond donors (Lipinski definition) is 1. The maximum absolute atomic E-state index is 12.6. The van der Waals surface area contributed by atoms with Gasteiger partial charge in [0.15, 0.2) is 0 Å². The number of nitrogens with one attached hydrogen (secondary N) is 1. The monoisotopic (exact) mass is 413 g/mol. The normalized spacial score (nSPS) is 15.1. The Morgan fingerprint density at radius 3 is 2.68 bits per heavy atom. The molecule has 1 saturated heterocycles. The van der Waals surface area contributed by atoms with Crippen LogP contribution < -0.4 is 5.32 Å². The number of carbonyl (C=O) groups excluding carboxylic acids is 2. The Bertz CT molecular complexity index is 976. The Hall–Kier alpha value is -3.04. The molecule has 0 radical (unpaired) electrons. The van der Waals surface area contributed by atoms with Crippen LogP contribution in [0.5, 0.6) is 0 Å². The van der Waals surface area contributed by atoms with Crippen molar-refractivity contribution in [3.05, 3.63) is 75.2 Å². The first kappa shape index (κ1) is 19.7. The summed E-state index contributed by atoms with van der Waals surface area (Å²) < 4.78 is 0.356. The average Bonchev–Trinajstić information content (AvgIpc) is 2.94. The number of para-hydroxylation sites is 1. The van der Waals surface area contributed by atoms with Gasteiger partial charge in [0, 0.05) is 30.8 Å². The van der Waals surface area contributed by atoms with Crippen LogP contribution in [0.15, 0.2) is 59.5 Å². The number of benzene rings is 2. The maximum Gasteiger partial charge on any atom is 0.270 e. The highest BCUT2D eigenvalue weighted by molar-refractivity contribution is 8.26. The molecule has 0 aromatic heterocycles. The van der Waals surface area contributed by atoms with Crippen LogP contribution in [-0.4, -0.2) is 32.5 Å². The van der Waals surface area contributed by atoms with Gasteiger partial charge in [-0.05, 0) is 23.8 Å². The highest BCUT2D eigenvalue weighted by atomic mass is 32.2. The summed E-state index contributed by atoms with van der Waals surface area (Å²) in [5, 5.41) is 13.6. The topological polar surface area (TPSA) is 92.5 Å². The minimum Gasteiger partial charge on any atom is -0.326 e. The van der Waals surface area contributed by atoms with Crippen molar-refractivity contribution in [2.24, 2.45) is 0 Å². The van der Waals surface area contributed by atoms with Gasteiger partial charge in [0.25, 0.3) is 11.6 Å². The van der Waals surface area contributed by atoms with Crippen molar-refractivity contribution in [1.82, 2.24) is 4.90 Å². The van der Waals surface area contributed by atoms with E-state index >= 15 is 0 Å². The maximum atomic E-state index is 12.6. The summed E-state index contributed by atoms with van der Waals surface area (Å²) in [5.74, 6) is -0.531. The van der Waals surface area contributed by atoms with E-state index in [1.54, 1.807) is 30.3 Å². The van der Waals surface area contributed by atoms with E-state index in [4.69, 9.17) is 12.2 Å². The van der Waals surface area contributed by atoms with E-state index in [0.29, 0.717) is 20.5 Å². The van der Waals surface area contributed by atoms with Crippen molar-refractivity contribution in [2.45, 2.75) is 6.42 Å². The van der Waals surface area contributed by atoms with E-state index in [9.17, 15) is 19.7 Å². The SMILES string of the molecule is O=C(CCN1C(=O)/C(=C/c2cccc([N+](=O)[O-])c2)SC1=S)Nc1ccccc1. The quantitative estimate of drug-likeness (QED) is 0.335. The first-order valence-corrected chi connectivity index (χ1v) is 9.51. The third-order valence-electron chi connectivity index (χ3n) is 3.87. The van der Waals surface area contributed by atoms with Crippen LogP contribution in [0.25, 0.3) is 6.08 Å². The molecule has 1 fully saturated rings. The van der Waals surface area contributed by atoms with Crippen molar-refractivity contribution in [3.8, 4) is 0 Å². The van der Waals surface area contributed by atoms with Crippen molar-refractivity contribution in [1.29, 1.82) is 0 Å². The largest absolute Gasteiger partial charge is 0.326 e. The Morgan fingerprint density at radius 2 is 1.96 bits per heavy atom. The zero-order chi connectivity index (χ0) is 20.1. The fraction of sp³-hybridized carbons (Fsp3) is 0.105. The van der Waals surface area contributed by atoms with Crippen LogP contribution in [0.1, 0.15) is 12.0 Å². The number of rotatable bonds is 6. The van der Waals surface area contributed by atoms with E-state index in [2.05, 4.69) is 5.32 Å². The predicted molar refractivity (Wildman–Crippen MR) is 113 cm³/mol. The summed E-state index contributed by atoms with van der Waals surface area (Å²) in [4.78, 5) is 36.8. The van der Waals surface area contributed by atoms with Gasteiger partial charge in [0.05, 0.1) is 9.83 Å². The molecule has 1 aliphatic heterocycles. The smallest absolute Gasteiger partial charge is 0.270 e. The van der Waals surface area contributed by atoms with E-state index < -0.39 is 4.92 Å². The van der Waals surface area contributed by atoms with Gasteiger partial charge < -0.3 is 5.32 Å². The fourth-order valence-electron chi connectivity index (χ4n) is 2.53. The molecule has 0 spiro atoms. The number of nitrogens with zero attached hydrogens (tertiary/aromatic N) is 2. The van der Waals surface area contributed by atoms with Gasteiger partial charge >= 0.3 is 0 Å². The molecule has 3 rings (SSSR count). The molecule has 1 heterocycles. The minimum atomic E-state index is -0.492. The van der Waals surface area contributed by atoms with E-state index in [1.165, 1.54) is 17.0 Å². The minimum absolute atomic E-state index is 0.0539. The molecule has 0 unspecified atom stereocenters. The molecule has 0 saturated carbocycles. The lowest BCUT2D eigenvalue weighted by Crippen LogP contribution is -2.31. The van der Waals surface area contributed by atoms with Crippen LogP contribution in [0.3, 0.4) is 0 Å². The summed E-state index contributed by atoms with van der Waals surface area (Å²) in [6.07, 6.45) is 1.67. The highest BCUT2D eigenvalue weighted by Crippen LogP contribution is 2.33. The number of hydrogen-bond acceptors (Lipinski definition) is 6.